The highest BCUT2D eigenvalue weighted by Gasteiger charge is 2.18. The average molecular weight is 327 g/mol. The lowest BCUT2D eigenvalue weighted by Gasteiger charge is -2.18. The number of rotatable bonds is 8. The van der Waals surface area contributed by atoms with E-state index in [1.165, 1.54) is 0 Å². The van der Waals surface area contributed by atoms with E-state index in [2.05, 4.69) is 5.32 Å². The molecule has 128 valence electrons. The standard InChI is InChI=1S/C20H25NO3/c1-4-18(24-19-8-6-5-7-15(19)2)20(22)21-14-13-16-9-11-17(23-3)12-10-16/h5-12,18H,4,13-14H2,1-3H3,(H,21,22)/t18-/m1/s1. The molecule has 2 rings (SSSR count). The number of hydrogen-bond donors (Lipinski definition) is 1. The molecule has 4 heteroatoms. The van der Waals surface area contributed by atoms with Crippen molar-refractivity contribution in [3.05, 3.63) is 59.7 Å². The molecule has 1 atom stereocenters. The van der Waals surface area contributed by atoms with E-state index in [4.69, 9.17) is 9.47 Å². The van der Waals surface area contributed by atoms with Gasteiger partial charge in [-0.15, -0.1) is 0 Å². The Morgan fingerprint density at radius 2 is 1.83 bits per heavy atom. The van der Waals surface area contributed by atoms with Crippen LogP contribution >= 0.6 is 0 Å². The number of hydrogen-bond acceptors (Lipinski definition) is 3. The van der Waals surface area contributed by atoms with Crippen LogP contribution in [0.25, 0.3) is 0 Å². The summed E-state index contributed by atoms with van der Waals surface area (Å²) >= 11 is 0. The SMILES string of the molecule is CC[C@@H](Oc1ccccc1C)C(=O)NCCc1ccc(OC)cc1. The van der Waals surface area contributed by atoms with Crippen molar-refractivity contribution < 1.29 is 14.3 Å². The zero-order valence-electron chi connectivity index (χ0n) is 14.5. The highest BCUT2D eigenvalue weighted by atomic mass is 16.5. The van der Waals surface area contributed by atoms with Crippen LogP contribution in [0, 0.1) is 6.92 Å². The summed E-state index contributed by atoms with van der Waals surface area (Å²) in [5.41, 5.74) is 2.19. The molecule has 0 heterocycles. The Balaban J connectivity index is 1.84. The largest absolute Gasteiger partial charge is 0.497 e. The predicted molar refractivity (Wildman–Crippen MR) is 95.6 cm³/mol. The van der Waals surface area contributed by atoms with Gasteiger partial charge in [0.25, 0.3) is 5.91 Å². The van der Waals surface area contributed by atoms with Gasteiger partial charge < -0.3 is 14.8 Å². The van der Waals surface area contributed by atoms with Crippen molar-refractivity contribution in [2.24, 2.45) is 0 Å². The first-order valence-corrected chi connectivity index (χ1v) is 8.27. The third kappa shape index (κ3) is 5.01. The van der Waals surface area contributed by atoms with Crippen LogP contribution in [0.1, 0.15) is 24.5 Å². The van der Waals surface area contributed by atoms with Crippen LogP contribution in [0.15, 0.2) is 48.5 Å². The van der Waals surface area contributed by atoms with Crippen molar-refractivity contribution in [3.63, 3.8) is 0 Å². The van der Waals surface area contributed by atoms with Gasteiger partial charge in [0.2, 0.25) is 0 Å². The summed E-state index contributed by atoms with van der Waals surface area (Å²) in [6, 6.07) is 15.6. The predicted octanol–water partition coefficient (Wildman–Crippen LogP) is 3.52. The number of aryl methyl sites for hydroxylation is 1. The molecular weight excluding hydrogens is 302 g/mol. The molecule has 2 aromatic rings. The van der Waals surface area contributed by atoms with E-state index < -0.39 is 6.10 Å². The van der Waals surface area contributed by atoms with Gasteiger partial charge in [0.05, 0.1) is 7.11 Å². The molecule has 0 saturated carbocycles. The van der Waals surface area contributed by atoms with E-state index in [1.807, 2.05) is 62.4 Å². The van der Waals surface area contributed by atoms with Crippen LogP contribution in [-0.2, 0) is 11.2 Å². The second kappa shape index (κ2) is 8.96. The smallest absolute Gasteiger partial charge is 0.261 e. The van der Waals surface area contributed by atoms with Crippen LogP contribution in [0.3, 0.4) is 0 Å². The van der Waals surface area contributed by atoms with Crippen LogP contribution in [0.2, 0.25) is 0 Å². The number of amides is 1. The number of carbonyl (C=O) groups is 1. The molecule has 1 amide bonds. The number of ether oxygens (including phenoxy) is 2. The van der Waals surface area contributed by atoms with Crippen molar-refractivity contribution in [2.75, 3.05) is 13.7 Å². The van der Waals surface area contributed by atoms with E-state index in [1.54, 1.807) is 7.11 Å². The van der Waals surface area contributed by atoms with Crippen molar-refractivity contribution >= 4 is 5.91 Å². The lowest BCUT2D eigenvalue weighted by atomic mass is 10.1. The van der Waals surface area contributed by atoms with Crippen molar-refractivity contribution in [2.45, 2.75) is 32.8 Å². The molecule has 0 unspecified atom stereocenters. The average Bonchev–Trinajstić information content (AvgIpc) is 2.61. The fraction of sp³-hybridized carbons (Fsp3) is 0.350. The number of para-hydroxylation sites is 1. The van der Waals surface area contributed by atoms with E-state index in [0.717, 1.165) is 29.0 Å². The quantitative estimate of drug-likeness (QED) is 0.807. The Bertz CT molecular complexity index is 652. The summed E-state index contributed by atoms with van der Waals surface area (Å²) < 4.78 is 11.0. The normalized spacial score (nSPS) is 11.6. The fourth-order valence-corrected chi connectivity index (χ4v) is 2.40. The van der Waals surface area contributed by atoms with E-state index in [9.17, 15) is 4.79 Å². The van der Waals surface area contributed by atoms with Crippen LogP contribution in [-0.4, -0.2) is 25.7 Å². The number of benzene rings is 2. The first kappa shape index (κ1) is 17.9. The second-order valence-electron chi connectivity index (χ2n) is 5.67. The third-order valence-electron chi connectivity index (χ3n) is 3.90. The Morgan fingerprint density at radius 3 is 2.46 bits per heavy atom. The van der Waals surface area contributed by atoms with Gasteiger partial charge in [0, 0.05) is 6.54 Å². The zero-order chi connectivity index (χ0) is 17.4. The molecule has 0 radical (unpaired) electrons. The Hall–Kier alpha value is -2.49. The molecule has 0 aromatic heterocycles. The summed E-state index contributed by atoms with van der Waals surface area (Å²) in [4.78, 5) is 12.3. The minimum absolute atomic E-state index is 0.0748. The molecule has 24 heavy (non-hydrogen) atoms. The molecular formula is C20H25NO3. The summed E-state index contributed by atoms with van der Waals surface area (Å²) in [6.07, 6.45) is 0.932. The molecule has 0 saturated heterocycles. The molecule has 4 nitrogen and oxygen atoms in total. The van der Waals surface area contributed by atoms with Gasteiger partial charge in [-0.05, 0) is 49.1 Å². The van der Waals surface area contributed by atoms with E-state index in [0.29, 0.717) is 13.0 Å². The molecule has 2 aromatic carbocycles. The van der Waals surface area contributed by atoms with E-state index >= 15 is 0 Å². The number of methoxy groups -OCH3 is 1. The maximum absolute atomic E-state index is 12.3. The van der Waals surface area contributed by atoms with Crippen molar-refractivity contribution in [3.8, 4) is 11.5 Å². The zero-order valence-corrected chi connectivity index (χ0v) is 14.5. The van der Waals surface area contributed by atoms with Gasteiger partial charge in [-0.3, -0.25) is 4.79 Å². The Labute approximate surface area is 143 Å². The fourth-order valence-electron chi connectivity index (χ4n) is 2.40. The first-order chi connectivity index (χ1) is 11.6. The third-order valence-corrected chi connectivity index (χ3v) is 3.90. The van der Waals surface area contributed by atoms with Gasteiger partial charge in [-0.25, -0.2) is 0 Å². The number of nitrogens with one attached hydrogen (secondary N) is 1. The van der Waals surface area contributed by atoms with Crippen LogP contribution < -0.4 is 14.8 Å². The lowest BCUT2D eigenvalue weighted by Crippen LogP contribution is -2.39. The Kier molecular flexibility index (Phi) is 6.67. The van der Waals surface area contributed by atoms with Crippen molar-refractivity contribution in [1.29, 1.82) is 0 Å². The van der Waals surface area contributed by atoms with Crippen LogP contribution in [0.5, 0.6) is 11.5 Å². The summed E-state index contributed by atoms with van der Waals surface area (Å²) in [5, 5.41) is 2.96. The number of carbonyl (C=O) groups excluding carboxylic acids is 1. The lowest BCUT2D eigenvalue weighted by molar-refractivity contribution is -0.128. The highest BCUT2D eigenvalue weighted by Crippen LogP contribution is 2.19. The molecule has 0 aliphatic rings. The monoisotopic (exact) mass is 327 g/mol. The van der Waals surface area contributed by atoms with Gasteiger partial charge in [0.15, 0.2) is 6.10 Å². The van der Waals surface area contributed by atoms with Gasteiger partial charge in [0.1, 0.15) is 11.5 Å². The van der Waals surface area contributed by atoms with Gasteiger partial charge in [-0.1, -0.05) is 37.3 Å². The van der Waals surface area contributed by atoms with Crippen molar-refractivity contribution in [1.82, 2.24) is 5.32 Å². The molecule has 0 fully saturated rings. The summed E-state index contributed by atoms with van der Waals surface area (Å²) in [6.45, 7) is 4.51. The van der Waals surface area contributed by atoms with Gasteiger partial charge in [-0.2, -0.15) is 0 Å². The molecule has 0 bridgehead atoms. The van der Waals surface area contributed by atoms with Crippen LogP contribution in [0.4, 0.5) is 0 Å². The maximum Gasteiger partial charge on any atom is 0.261 e. The maximum atomic E-state index is 12.3. The molecule has 0 aliphatic heterocycles. The summed E-state index contributed by atoms with van der Waals surface area (Å²) in [5.74, 6) is 1.52. The topological polar surface area (TPSA) is 47.6 Å². The molecule has 0 spiro atoms. The molecule has 1 N–H and O–H groups in total. The van der Waals surface area contributed by atoms with E-state index in [-0.39, 0.29) is 5.91 Å². The molecule has 0 aliphatic carbocycles. The second-order valence-corrected chi connectivity index (χ2v) is 5.67. The highest BCUT2D eigenvalue weighted by molar-refractivity contribution is 5.81. The minimum Gasteiger partial charge on any atom is -0.497 e. The minimum atomic E-state index is -0.470. The van der Waals surface area contributed by atoms with Gasteiger partial charge >= 0.3 is 0 Å². The Morgan fingerprint density at radius 1 is 1.12 bits per heavy atom. The summed E-state index contributed by atoms with van der Waals surface area (Å²) in [7, 11) is 1.65. The first-order valence-electron chi connectivity index (χ1n) is 8.27.